The fourth-order valence-electron chi connectivity index (χ4n) is 3.76. The SMILES string of the molecule is COc1ccc(N2CCC(CC(N)CCc3ccccc3)CC2)cc1. The third-order valence-electron chi connectivity index (χ3n) is 5.33. The van der Waals surface area contributed by atoms with Crippen molar-refractivity contribution in [1.82, 2.24) is 0 Å². The van der Waals surface area contributed by atoms with Crippen molar-refractivity contribution in [2.24, 2.45) is 11.7 Å². The number of anilines is 1. The summed E-state index contributed by atoms with van der Waals surface area (Å²) in [5, 5.41) is 0. The van der Waals surface area contributed by atoms with E-state index in [0.29, 0.717) is 6.04 Å². The van der Waals surface area contributed by atoms with Crippen LogP contribution in [0, 0.1) is 5.92 Å². The minimum absolute atomic E-state index is 0.317. The first-order valence-electron chi connectivity index (χ1n) is 9.43. The van der Waals surface area contributed by atoms with E-state index in [-0.39, 0.29) is 0 Å². The molecule has 1 fully saturated rings. The van der Waals surface area contributed by atoms with Crippen molar-refractivity contribution in [1.29, 1.82) is 0 Å². The molecule has 3 nitrogen and oxygen atoms in total. The number of hydrogen-bond donors (Lipinski definition) is 1. The monoisotopic (exact) mass is 338 g/mol. The summed E-state index contributed by atoms with van der Waals surface area (Å²) >= 11 is 0. The van der Waals surface area contributed by atoms with Gasteiger partial charge < -0.3 is 15.4 Å². The molecule has 1 unspecified atom stereocenters. The molecule has 0 aliphatic carbocycles. The number of hydrogen-bond acceptors (Lipinski definition) is 3. The number of piperidine rings is 1. The molecular formula is C22H30N2O. The van der Waals surface area contributed by atoms with Gasteiger partial charge in [0.2, 0.25) is 0 Å². The van der Waals surface area contributed by atoms with E-state index < -0.39 is 0 Å². The summed E-state index contributed by atoms with van der Waals surface area (Å²) in [5.74, 6) is 1.68. The zero-order valence-corrected chi connectivity index (χ0v) is 15.2. The van der Waals surface area contributed by atoms with Gasteiger partial charge in [0.1, 0.15) is 5.75 Å². The van der Waals surface area contributed by atoms with Gasteiger partial charge in [-0.3, -0.25) is 0 Å². The van der Waals surface area contributed by atoms with Crippen molar-refractivity contribution in [3.05, 3.63) is 60.2 Å². The van der Waals surface area contributed by atoms with Gasteiger partial charge in [0.25, 0.3) is 0 Å². The van der Waals surface area contributed by atoms with Crippen molar-refractivity contribution in [3.63, 3.8) is 0 Å². The minimum Gasteiger partial charge on any atom is -0.497 e. The molecule has 2 N–H and O–H groups in total. The number of methoxy groups -OCH3 is 1. The van der Waals surface area contributed by atoms with Crippen LogP contribution in [0.4, 0.5) is 5.69 Å². The lowest BCUT2D eigenvalue weighted by Crippen LogP contribution is -2.36. The first kappa shape index (κ1) is 17.8. The van der Waals surface area contributed by atoms with Gasteiger partial charge in [0.15, 0.2) is 0 Å². The van der Waals surface area contributed by atoms with Crippen LogP contribution in [0.3, 0.4) is 0 Å². The number of nitrogens with two attached hydrogens (primary N) is 1. The summed E-state index contributed by atoms with van der Waals surface area (Å²) in [7, 11) is 1.71. The number of aryl methyl sites for hydroxylation is 1. The minimum atomic E-state index is 0.317. The van der Waals surface area contributed by atoms with Gasteiger partial charge in [-0.25, -0.2) is 0 Å². The molecule has 1 heterocycles. The molecule has 0 bridgehead atoms. The lowest BCUT2D eigenvalue weighted by molar-refractivity contribution is 0.346. The molecular weight excluding hydrogens is 308 g/mol. The second-order valence-electron chi connectivity index (χ2n) is 7.15. The van der Waals surface area contributed by atoms with Gasteiger partial charge in [-0.1, -0.05) is 30.3 Å². The van der Waals surface area contributed by atoms with E-state index in [4.69, 9.17) is 10.5 Å². The molecule has 1 aliphatic heterocycles. The van der Waals surface area contributed by atoms with Gasteiger partial charge in [0, 0.05) is 24.8 Å². The third kappa shape index (κ3) is 5.23. The molecule has 0 aromatic heterocycles. The highest BCUT2D eigenvalue weighted by Gasteiger charge is 2.21. The summed E-state index contributed by atoms with van der Waals surface area (Å²) in [6.45, 7) is 2.25. The molecule has 134 valence electrons. The van der Waals surface area contributed by atoms with Crippen molar-refractivity contribution in [2.45, 2.75) is 38.1 Å². The molecule has 0 saturated carbocycles. The molecule has 1 saturated heterocycles. The quantitative estimate of drug-likeness (QED) is 0.820. The summed E-state index contributed by atoms with van der Waals surface area (Å²) < 4.78 is 5.24. The predicted molar refractivity (Wildman–Crippen MR) is 105 cm³/mol. The van der Waals surface area contributed by atoms with Crippen LogP contribution in [0.2, 0.25) is 0 Å². The van der Waals surface area contributed by atoms with Crippen LogP contribution in [0.15, 0.2) is 54.6 Å². The summed E-state index contributed by atoms with van der Waals surface area (Å²) in [6, 6.07) is 19.4. The van der Waals surface area contributed by atoms with Crippen molar-refractivity contribution in [3.8, 4) is 5.75 Å². The molecule has 0 radical (unpaired) electrons. The zero-order valence-electron chi connectivity index (χ0n) is 15.2. The fraction of sp³-hybridized carbons (Fsp3) is 0.455. The maximum atomic E-state index is 6.40. The Morgan fingerprint density at radius 1 is 1.04 bits per heavy atom. The average molecular weight is 338 g/mol. The lowest BCUT2D eigenvalue weighted by atomic mass is 9.88. The molecule has 0 amide bonds. The number of benzene rings is 2. The molecule has 2 aromatic rings. The molecule has 3 heteroatoms. The Bertz CT molecular complexity index is 618. The van der Waals surface area contributed by atoms with Crippen LogP contribution < -0.4 is 15.4 Å². The first-order chi connectivity index (χ1) is 12.2. The zero-order chi connectivity index (χ0) is 17.5. The number of ether oxygens (including phenoxy) is 1. The van der Waals surface area contributed by atoms with Gasteiger partial charge in [-0.05, 0) is 67.9 Å². The predicted octanol–water partition coefficient (Wildman–Crippen LogP) is 4.26. The maximum Gasteiger partial charge on any atom is 0.119 e. The molecule has 2 aromatic carbocycles. The normalized spacial score (nSPS) is 16.6. The molecule has 25 heavy (non-hydrogen) atoms. The topological polar surface area (TPSA) is 38.5 Å². The number of rotatable bonds is 7. The van der Waals surface area contributed by atoms with Gasteiger partial charge in [-0.15, -0.1) is 0 Å². The van der Waals surface area contributed by atoms with Crippen molar-refractivity contribution < 1.29 is 4.74 Å². The van der Waals surface area contributed by atoms with Crippen molar-refractivity contribution in [2.75, 3.05) is 25.1 Å². The Hall–Kier alpha value is -2.00. The summed E-state index contributed by atoms with van der Waals surface area (Å²) in [6.07, 6.45) is 5.81. The molecule has 3 rings (SSSR count). The average Bonchev–Trinajstić information content (AvgIpc) is 2.68. The van der Waals surface area contributed by atoms with Crippen LogP contribution in [0.25, 0.3) is 0 Å². The summed E-state index contributed by atoms with van der Waals surface area (Å²) in [4.78, 5) is 2.48. The van der Waals surface area contributed by atoms with Gasteiger partial charge in [-0.2, -0.15) is 0 Å². The van der Waals surface area contributed by atoms with Crippen LogP contribution in [-0.4, -0.2) is 26.2 Å². The molecule has 1 aliphatic rings. The Labute approximate surface area is 151 Å². The standard InChI is InChI=1S/C22H30N2O/c1-25-22-11-9-21(10-12-22)24-15-13-19(14-16-24)17-20(23)8-7-18-5-3-2-4-6-18/h2-6,9-12,19-20H,7-8,13-17,23H2,1H3. The van der Waals surface area contributed by atoms with Crippen LogP contribution in [-0.2, 0) is 6.42 Å². The lowest BCUT2D eigenvalue weighted by Gasteiger charge is -2.34. The Balaban J connectivity index is 1.41. The van der Waals surface area contributed by atoms with E-state index in [1.165, 1.54) is 24.1 Å². The highest BCUT2D eigenvalue weighted by Crippen LogP contribution is 2.27. The largest absolute Gasteiger partial charge is 0.497 e. The summed E-state index contributed by atoms with van der Waals surface area (Å²) in [5.41, 5.74) is 9.10. The van der Waals surface area contributed by atoms with E-state index in [2.05, 4.69) is 47.4 Å². The van der Waals surface area contributed by atoms with E-state index in [0.717, 1.165) is 44.0 Å². The molecule has 1 atom stereocenters. The van der Waals surface area contributed by atoms with E-state index in [1.807, 2.05) is 12.1 Å². The second kappa shape index (κ2) is 8.91. The fourth-order valence-corrected chi connectivity index (χ4v) is 3.76. The highest BCUT2D eigenvalue weighted by molar-refractivity contribution is 5.49. The first-order valence-corrected chi connectivity index (χ1v) is 9.43. The van der Waals surface area contributed by atoms with Crippen molar-refractivity contribution >= 4 is 5.69 Å². The second-order valence-corrected chi connectivity index (χ2v) is 7.15. The smallest absolute Gasteiger partial charge is 0.119 e. The van der Waals surface area contributed by atoms with Crippen LogP contribution in [0.5, 0.6) is 5.75 Å². The Morgan fingerprint density at radius 3 is 2.36 bits per heavy atom. The maximum absolute atomic E-state index is 6.40. The number of nitrogens with zero attached hydrogens (tertiary/aromatic N) is 1. The molecule has 0 spiro atoms. The van der Waals surface area contributed by atoms with Crippen LogP contribution in [0.1, 0.15) is 31.2 Å². The Morgan fingerprint density at radius 2 is 1.72 bits per heavy atom. The van der Waals surface area contributed by atoms with Gasteiger partial charge >= 0.3 is 0 Å². The highest BCUT2D eigenvalue weighted by atomic mass is 16.5. The van der Waals surface area contributed by atoms with E-state index in [1.54, 1.807) is 7.11 Å². The van der Waals surface area contributed by atoms with E-state index in [9.17, 15) is 0 Å². The Kier molecular flexibility index (Phi) is 6.35. The van der Waals surface area contributed by atoms with Gasteiger partial charge in [0.05, 0.1) is 7.11 Å². The van der Waals surface area contributed by atoms with E-state index >= 15 is 0 Å². The third-order valence-corrected chi connectivity index (χ3v) is 5.33. The van der Waals surface area contributed by atoms with Crippen LogP contribution >= 0.6 is 0 Å².